The maximum absolute atomic E-state index is 13.9. The van der Waals surface area contributed by atoms with Gasteiger partial charge in [0.25, 0.3) is 5.91 Å². The van der Waals surface area contributed by atoms with Crippen molar-refractivity contribution in [3.05, 3.63) is 95.0 Å². The fourth-order valence-corrected chi connectivity index (χ4v) is 4.54. The Kier molecular flexibility index (Phi) is 9.12. The molecule has 0 spiro atoms. The maximum Gasteiger partial charge on any atom is 0.321 e. The molecule has 0 aromatic heterocycles. The highest BCUT2D eigenvalue weighted by Crippen LogP contribution is 2.28. The van der Waals surface area contributed by atoms with Crippen LogP contribution in [0, 0.1) is 0 Å². The summed E-state index contributed by atoms with van der Waals surface area (Å²) in [4.78, 5) is 35.2. The van der Waals surface area contributed by atoms with Gasteiger partial charge in [0.1, 0.15) is 0 Å². The van der Waals surface area contributed by atoms with E-state index in [0.29, 0.717) is 28.7 Å². The van der Waals surface area contributed by atoms with Crippen molar-refractivity contribution in [2.75, 3.05) is 36.4 Å². The number of benzodiazepines with no additional fused rings is 1. The van der Waals surface area contributed by atoms with Gasteiger partial charge in [0.15, 0.2) is 0 Å². The van der Waals surface area contributed by atoms with Crippen molar-refractivity contribution in [1.29, 1.82) is 0 Å². The first-order valence-corrected chi connectivity index (χ1v) is 13.0. The van der Waals surface area contributed by atoms with Crippen LogP contribution in [0.15, 0.2) is 83.9 Å². The highest BCUT2D eigenvalue weighted by atomic mass is 35.5. The van der Waals surface area contributed by atoms with Gasteiger partial charge < -0.3 is 25.5 Å². The number of aliphatic hydroxyl groups is 1. The predicted molar refractivity (Wildman–Crippen MR) is 152 cm³/mol. The van der Waals surface area contributed by atoms with Crippen LogP contribution in [0.2, 0.25) is 5.02 Å². The number of urea groups is 1. The smallest absolute Gasteiger partial charge is 0.321 e. The van der Waals surface area contributed by atoms with Crippen molar-refractivity contribution < 1.29 is 14.7 Å². The number of hydrogen-bond acceptors (Lipinski definition) is 5. The van der Waals surface area contributed by atoms with Crippen LogP contribution in [0.5, 0.6) is 0 Å². The second-order valence-corrected chi connectivity index (χ2v) is 9.39. The van der Waals surface area contributed by atoms with Gasteiger partial charge in [-0.15, -0.1) is 0 Å². The number of aliphatic imine (C=N–C) groups is 1. The van der Waals surface area contributed by atoms with Crippen molar-refractivity contribution in [3.8, 4) is 0 Å². The molecule has 3 amide bonds. The van der Waals surface area contributed by atoms with E-state index in [1.165, 1.54) is 4.90 Å². The summed E-state index contributed by atoms with van der Waals surface area (Å²) in [7, 11) is 0. The number of hydrogen-bond donors (Lipinski definition) is 3. The third-order valence-electron chi connectivity index (χ3n) is 6.38. The molecule has 198 valence electrons. The number of anilines is 2. The fraction of sp³-hybridized carbons (Fsp3) is 0.276. The van der Waals surface area contributed by atoms with Crippen LogP contribution in [-0.2, 0) is 4.79 Å². The molecule has 0 fully saturated rings. The molecule has 0 radical (unpaired) electrons. The highest BCUT2D eigenvalue weighted by molar-refractivity contribution is 6.30. The van der Waals surface area contributed by atoms with Crippen molar-refractivity contribution >= 4 is 40.6 Å². The third kappa shape index (κ3) is 6.58. The number of fused-ring (bicyclic) bond motifs is 1. The first kappa shape index (κ1) is 27.3. The number of rotatable bonds is 9. The van der Waals surface area contributed by atoms with Gasteiger partial charge in [-0.25, -0.2) is 9.79 Å². The van der Waals surface area contributed by atoms with E-state index < -0.39 is 24.2 Å². The fourth-order valence-electron chi connectivity index (χ4n) is 4.41. The number of nitrogens with one attached hydrogen (secondary N) is 2. The zero-order valence-corrected chi connectivity index (χ0v) is 22.2. The monoisotopic (exact) mass is 533 g/mol. The molecule has 38 heavy (non-hydrogen) atoms. The second kappa shape index (κ2) is 12.7. The van der Waals surface area contributed by atoms with Crippen LogP contribution in [0.25, 0.3) is 0 Å². The minimum atomic E-state index is -1.22. The van der Waals surface area contributed by atoms with E-state index in [2.05, 4.69) is 15.5 Å². The molecular formula is C29H32ClN5O3. The minimum Gasteiger partial charge on any atom is -0.390 e. The summed E-state index contributed by atoms with van der Waals surface area (Å²) in [5.74, 6) is -0.437. The van der Waals surface area contributed by atoms with Gasteiger partial charge in [-0.1, -0.05) is 74.0 Å². The molecule has 3 aromatic rings. The number of nitrogens with zero attached hydrogens (tertiary/aromatic N) is 3. The molecule has 4 rings (SSSR count). The summed E-state index contributed by atoms with van der Waals surface area (Å²) < 4.78 is 0. The van der Waals surface area contributed by atoms with Gasteiger partial charge in [0.05, 0.1) is 24.0 Å². The lowest BCUT2D eigenvalue weighted by Gasteiger charge is -2.29. The van der Waals surface area contributed by atoms with Crippen LogP contribution in [0.3, 0.4) is 0 Å². The van der Waals surface area contributed by atoms with E-state index in [1.807, 2.05) is 68.4 Å². The lowest BCUT2D eigenvalue weighted by atomic mass is 10.00. The molecule has 1 heterocycles. The van der Waals surface area contributed by atoms with Crippen molar-refractivity contribution in [3.63, 3.8) is 0 Å². The van der Waals surface area contributed by atoms with Crippen LogP contribution in [0.4, 0.5) is 16.2 Å². The highest BCUT2D eigenvalue weighted by Gasteiger charge is 2.34. The predicted octanol–water partition coefficient (Wildman–Crippen LogP) is 4.37. The molecule has 0 aliphatic carbocycles. The maximum atomic E-state index is 13.9. The molecule has 8 nitrogen and oxygen atoms in total. The summed E-state index contributed by atoms with van der Waals surface area (Å²) in [5.41, 5.74) is 3.27. The zero-order chi connectivity index (χ0) is 27.1. The standard InChI is InChI=1S/C29H32ClN5O3/c1-3-34(4-2)18-23(36)19-35-25-13-9-8-12-24(25)26(20-10-6-5-7-11-20)32-27(28(35)37)33-29(38)31-22-16-14-21(30)15-17-22/h5-17,23,27,36H,3-4,18-19H2,1-2H3,(H2,31,33,38)/t23-,27?/m0/s1. The van der Waals surface area contributed by atoms with Crippen LogP contribution in [0.1, 0.15) is 25.0 Å². The number of β-amino-alcohol motifs (C(OH)–C–C–N with tert-alkyl or cyclic N) is 1. The third-order valence-corrected chi connectivity index (χ3v) is 6.63. The Bertz CT molecular complexity index is 1280. The average molecular weight is 534 g/mol. The molecule has 1 unspecified atom stereocenters. The van der Waals surface area contributed by atoms with E-state index >= 15 is 0 Å². The topological polar surface area (TPSA) is 97.3 Å². The number of carbonyl (C=O) groups is 2. The number of para-hydroxylation sites is 1. The molecule has 3 aromatic carbocycles. The Balaban J connectivity index is 1.69. The molecule has 1 aliphatic heterocycles. The second-order valence-electron chi connectivity index (χ2n) is 8.96. The molecule has 3 N–H and O–H groups in total. The van der Waals surface area contributed by atoms with Crippen molar-refractivity contribution in [1.82, 2.24) is 10.2 Å². The Morgan fingerprint density at radius 3 is 2.37 bits per heavy atom. The van der Waals surface area contributed by atoms with E-state index in [-0.39, 0.29) is 6.54 Å². The number of aliphatic hydroxyl groups excluding tert-OH is 1. The van der Waals surface area contributed by atoms with Crippen LogP contribution < -0.4 is 15.5 Å². The van der Waals surface area contributed by atoms with Gasteiger partial charge in [0.2, 0.25) is 6.17 Å². The lowest BCUT2D eigenvalue weighted by Crippen LogP contribution is -2.51. The van der Waals surface area contributed by atoms with Gasteiger partial charge in [-0.05, 0) is 43.4 Å². The Labute approximate surface area is 227 Å². The Morgan fingerprint density at radius 2 is 1.68 bits per heavy atom. The van der Waals surface area contributed by atoms with Gasteiger partial charge in [-0.2, -0.15) is 0 Å². The summed E-state index contributed by atoms with van der Waals surface area (Å²) in [6, 6.07) is 23.1. The molecule has 9 heteroatoms. The largest absolute Gasteiger partial charge is 0.390 e. The zero-order valence-electron chi connectivity index (χ0n) is 21.5. The molecular weight excluding hydrogens is 502 g/mol. The van der Waals surface area contributed by atoms with E-state index in [1.54, 1.807) is 24.3 Å². The van der Waals surface area contributed by atoms with Gasteiger partial charge in [0, 0.05) is 28.4 Å². The lowest BCUT2D eigenvalue weighted by molar-refractivity contribution is -0.120. The molecule has 0 bridgehead atoms. The SMILES string of the molecule is CCN(CC)C[C@H](O)CN1C(=O)C(NC(=O)Nc2ccc(Cl)cc2)N=C(c2ccccc2)c2ccccc21. The van der Waals surface area contributed by atoms with E-state index in [9.17, 15) is 14.7 Å². The van der Waals surface area contributed by atoms with Gasteiger partial charge in [-0.3, -0.25) is 4.79 Å². The molecule has 2 atom stereocenters. The minimum absolute atomic E-state index is 0.0565. The molecule has 0 saturated heterocycles. The summed E-state index contributed by atoms with van der Waals surface area (Å²) in [5, 5.41) is 16.9. The number of halogens is 1. The first-order chi connectivity index (χ1) is 18.4. The summed E-state index contributed by atoms with van der Waals surface area (Å²) in [6.45, 7) is 6.11. The average Bonchev–Trinajstić information content (AvgIpc) is 3.04. The quantitative estimate of drug-likeness (QED) is 0.380. The molecule has 1 aliphatic rings. The van der Waals surface area contributed by atoms with Gasteiger partial charge >= 0.3 is 6.03 Å². The van der Waals surface area contributed by atoms with Crippen molar-refractivity contribution in [2.45, 2.75) is 26.1 Å². The number of likely N-dealkylation sites (N-methyl/N-ethyl adjacent to an activating group) is 1. The van der Waals surface area contributed by atoms with E-state index in [0.717, 1.165) is 24.2 Å². The number of amides is 3. The number of carbonyl (C=O) groups excluding carboxylic acids is 2. The normalized spacial score (nSPS) is 15.9. The molecule has 0 saturated carbocycles. The number of benzene rings is 3. The Hall–Kier alpha value is -3.72. The first-order valence-electron chi connectivity index (χ1n) is 12.7. The van der Waals surface area contributed by atoms with E-state index in [4.69, 9.17) is 16.6 Å². The van der Waals surface area contributed by atoms with Crippen molar-refractivity contribution in [2.24, 2.45) is 4.99 Å². The summed E-state index contributed by atoms with van der Waals surface area (Å²) >= 11 is 5.95. The van der Waals surface area contributed by atoms with Crippen LogP contribution >= 0.6 is 11.6 Å². The summed E-state index contributed by atoms with van der Waals surface area (Å²) in [6.07, 6.45) is -2.01. The van der Waals surface area contributed by atoms with Crippen LogP contribution in [-0.4, -0.2) is 66.1 Å². The Morgan fingerprint density at radius 1 is 1.03 bits per heavy atom.